The van der Waals surface area contributed by atoms with Gasteiger partial charge in [0.05, 0.1) is 19.8 Å². The number of hydrogen-bond acceptors (Lipinski definition) is 4. The van der Waals surface area contributed by atoms with E-state index in [1.807, 2.05) is 0 Å². The lowest BCUT2D eigenvalue weighted by Crippen LogP contribution is -2.50. The van der Waals surface area contributed by atoms with Gasteiger partial charge in [0.25, 0.3) is 0 Å². The molecular weight excluding hydrogens is 248 g/mol. The van der Waals surface area contributed by atoms with Gasteiger partial charge in [0.2, 0.25) is 0 Å². The van der Waals surface area contributed by atoms with Gasteiger partial charge in [0.1, 0.15) is 0 Å². The zero-order chi connectivity index (χ0) is 13.5. The van der Waals surface area contributed by atoms with Crippen LogP contribution in [0.15, 0.2) is 0 Å². The molecule has 0 aromatic rings. The van der Waals surface area contributed by atoms with Crippen LogP contribution in [0.4, 0.5) is 0 Å². The molecule has 1 fully saturated rings. The summed E-state index contributed by atoms with van der Waals surface area (Å²) in [7, 11) is -0.280. The normalized spacial score (nSPS) is 22.7. The highest BCUT2D eigenvalue weighted by Crippen LogP contribution is 2.27. The van der Waals surface area contributed by atoms with Gasteiger partial charge in [-0.2, -0.15) is 0 Å². The number of ether oxygens (including phenoxy) is 2. The van der Waals surface area contributed by atoms with E-state index < -0.39 is 14.3 Å². The van der Waals surface area contributed by atoms with Crippen LogP contribution in [0.25, 0.3) is 0 Å². The maximum absolute atomic E-state index is 6.17. The van der Waals surface area contributed by atoms with Crippen molar-refractivity contribution >= 4 is 8.56 Å². The van der Waals surface area contributed by atoms with Crippen LogP contribution in [0, 0.1) is 0 Å². The summed E-state index contributed by atoms with van der Waals surface area (Å²) >= 11 is 0. The smallest absolute Gasteiger partial charge is 0.337 e. The standard InChI is InChI=1S/C13H28O4Si/c1-5-11-18(7-3,14-4)17-12-13(6-2)15-9-8-10-16-13/h5-12H2,1-4H3. The van der Waals surface area contributed by atoms with Gasteiger partial charge in [0.15, 0.2) is 5.79 Å². The second-order valence-electron chi connectivity index (χ2n) is 4.82. The molecule has 1 heterocycles. The Labute approximate surface area is 112 Å². The molecule has 1 saturated heterocycles. The van der Waals surface area contributed by atoms with Crippen LogP contribution >= 0.6 is 0 Å². The summed E-state index contributed by atoms with van der Waals surface area (Å²) in [5, 5.41) is 0. The van der Waals surface area contributed by atoms with Gasteiger partial charge >= 0.3 is 8.56 Å². The molecule has 0 spiro atoms. The van der Waals surface area contributed by atoms with Gasteiger partial charge in [-0.25, -0.2) is 0 Å². The van der Waals surface area contributed by atoms with Crippen molar-refractivity contribution in [2.45, 2.75) is 57.9 Å². The summed E-state index contributed by atoms with van der Waals surface area (Å²) in [5.41, 5.74) is 0. The highest BCUT2D eigenvalue weighted by Gasteiger charge is 2.40. The molecule has 0 radical (unpaired) electrons. The first-order valence-corrected chi connectivity index (χ1v) is 9.36. The number of rotatable bonds is 8. The van der Waals surface area contributed by atoms with Gasteiger partial charge < -0.3 is 18.3 Å². The van der Waals surface area contributed by atoms with Gasteiger partial charge in [0, 0.05) is 13.5 Å². The highest BCUT2D eigenvalue weighted by atomic mass is 28.4. The molecule has 108 valence electrons. The molecule has 1 atom stereocenters. The van der Waals surface area contributed by atoms with E-state index in [9.17, 15) is 0 Å². The summed E-state index contributed by atoms with van der Waals surface area (Å²) in [6, 6.07) is 2.00. The van der Waals surface area contributed by atoms with Crippen molar-refractivity contribution < 1.29 is 18.3 Å². The molecule has 0 amide bonds. The Morgan fingerprint density at radius 1 is 1.17 bits per heavy atom. The third-order valence-corrected chi connectivity index (χ3v) is 7.41. The molecule has 0 aliphatic carbocycles. The molecule has 4 nitrogen and oxygen atoms in total. The summed E-state index contributed by atoms with van der Waals surface area (Å²) in [5.74, 6) is -0.544. The molecule has 1 unspecified atom stereocenters. The van der Waals surface area contributed by atoms with E-state index in [1.54, 1.807) is 7.11 Å². The fourth-order valence-electron chi connectivity index (χ4n) is 2.29. The molecule has 5 heteroatoms. The van der Waals surface area contributed by atoms with Gasteiger partial charge in [-0.3, -0.25) is 0 Å². The molecule has 1 aliphatic heterocycles. The predicted molar refractivity (Wildman–Crippen MR) is 73.8 cm³/mol. The van der Waals surface area contributed by atoms with Crippen LogP contribution in [0.1, 0.15) is 40.0 Å². The highest BCUT2D eigenvalue weighted by molar-refractivity contribution is 6.67. The fourth-order valence-corrected chi connectivity index (χ4v) is 4.84. The monoisotopic (exact) mass is 276 g/mol. The molecule has 0 bridgehead atoms. The summed E-state index contributed by atoms with van der Waals surface area (Å²) in [6.07, 6.45) is 2.88. The van der Waals surface area contributed by atoms with E-state index in [1.165, 1.54) is 0 Å². The quantitative estimate of drug-likeness (QED) is 0.639. The first kappa shape index (κ1) is 16.1. The zero-order valence-corrected chi connectivity index (χ0v) is 13.3. The minimum atomic E-state index is -2.05. The Morgan fingerprint density at radius 3 is 2.28 bits per heavy atom. The molecule has 0 aromatic heterocycles. The van der Waals surface area contributed by atoms with Gasteiger partial charge in [-0.05, 0) is 18.5 Å². The molecule has 0 aromatic carbocycles. The van der Waals surface area contributed by atoms with Crippen molar-refractivity contribution in [1.82, 2.24) is 0 Å². The zero-order valence-electron chi connectivity index (χ0n) is 12.3. The van der Waals surface area contributed by atoms with Gasteiger partial charge in [-0.15, -0.1) is 0 Å². The second kappa shape index (κ2) is 7.60. The van der Waals surface area contributed by atoms with Gasteiger partial charge in [-0.1, -0.05) is 27.2 Å². The van der Waals surface area contributed by atoms with Crippen molar-refractivity contribution in [2.24, 2.45) is 0 Å². The molecule has 0 saturated carbocycles. The third kappa shape index (κ3) is 4.03. The van der Waals surface area contributed by atoms with Crippen LogP contribution in [0.5, 0.6) is 0 Å². The predicted octanol–water partition coefficient (Wildman–Crippen LogP) is 3.06. The van der Waals surface area contributed by atoms with Crippen molar-refractivity contribution in [3.05, 3.63) is 0 Å². The third-order valence-electron chi connectivity index (χ3n) is 3.65. The van der Waals surface area contributed by atoms with Crippen molar-refractivity contribution in [3.8, 4) is 0 Å². The topological polar surface area (TPSA) is 36.9 Å². The van der Waals surface area contributed by atoms with Crippen molar-refractivity contribution in [2.75, 3.05) is 26.9 Å². The molecule has 18 heavy (non-hydrogen) atoms. The molecular formula is C13H28O4Si. The Kier molecular flexibility index (Phi) is 6.80. The average Bonchev–Trinajstić information content (AvgIpc) is 2.45. The molecule has 1 aliphatic rings. The molecule has 0 N–H and O–H groups in total. The fraction of sp³-hybridized carbons (Fsp3) is 1.00. The van der Waals surface area contributed by atoms with Crippen LogP contribution in [0.2, 0.25) is 12.1 Å². The van der Waals surface area contributed by atoms with E-state index >= 15 is 0 Å². The first-order chi connectivity index (χ1) is 8.66. The van der Waals surface area contributed by atoms with Crippen molar-refractivity contribution in [1.29, 1.82) is 0 Å². The van der Waals surface area contributed by atoms with Crippen LogP contribution in [-0.2, 0) is 18.3 Å². The summed E-state index contributed by atoms with van der Waals surface area (Å²) < 4.78 is 23.5. The minimum Gasteiger partial charge on any atom is -0.398 e. The largest absolute Gasteiger partial charge is 0.398 e. The van der Waals surface area contributed by atoms with E-state index in [0.29, 0.717) is 6.61 Å². The average molecular weight is 276 g/mol. The lowest BCUT2D eigenvalue weighted by molar-refractivity contribution is -0.281. The van der Waals surface area contributed by atoms with Crippen molar-refractivity contribution in [3.63, 3.8) is 0 Å². The summed E-state index contributed by atoms with van der Waals surface area (Å²) in [4.78, 5) is 0. The Bertz CT molecular complexity index is 211. The second-order valence-corrected chi connectivity index (χ2v) is 8.55. The van der Waals surface area contributed by atoms with E-state index in [2.05, 4.69) is 20.8 Å². The molecule has 1 rings (SSSR count). The maximum atomic E-state index is 6.17. The SMILES string of the molecule is CCC[Si](CC)(OC)OCC1(CC)OCCCO1. The number of hydrogen-bond donors (Lipinski definition) is 0. The van der Waals surface area contributed by atoms with Crippen LogP contribution in [-0.4, -0.2) is 41.3 Å². The van der Waals surface area contributed by atoms with E-state index in [4.69, 9.17) is 18.3 Å². The maximum Gasteiger partial charge on any atom is 0.337 e. The van der Waals surface area contributed by atoms with E-state index in [0.717, 1.165) is 44.6 Å². The van der Waals surface area contributed by atoms with E-state index in [-0.39, 0.29) is 0 Å². The lowest BCUT2D eigenvalue weighted by atomic mass is 10.2. The lowest BCUT2D eigenvalue weighted by Gasteiger charge is -2.39. The Hall–Kier alpha value is 0.0569. The first-order valence-electron chi connectivity index (χ1n) is 7.13. The van der Waals surface area contributed by atoms with Crippen LogP contribution < -0.4 is 0 Å². The minimum absolute atomic E-state index is 0.497. The Morgan fingerprint density at radius 2 is 1.83 bits per heavy atom. The summed E-state index contributed by atoms with van der Waals surface area (Å²) in [6.45, 7) is 8.42. The Balaban J connectivity index is 2.58. The van der Waals surface area contributed by atoms with Crippen LogP contribution in [0.3, 0.4) is 0 Å².